The summed E-state index contributed by atoms with van der Waals surface area (Å²) < 4.78 is 0. The van der Waals surface area contributed by atoms with Crippen molar-refractivity contribution in [1.82, 2.24) is 36.4 Å². The molecule has 0 aliphatic rings. The molecule has 0 radical (unpaired) electrons. The number of hydrogen-bond donors (Lipinski definition) is 5. The Balaban J connectivity index is 5.20. The van der Waals surface area contributed by atoms with Crippen LogP contribution in [0.2, 0.25) is 0 Å². The van der Waals surface area contributed by atoms with E-state index in [2.05, 4.69) is 64.1 Å². The number of unbranched alkanes of at least 4 members (excludes halogenated alkanes) is 54. The molecule has 0 aliphatic carbocycles. The van der Waals surface area contributed by atoms with Gasteiger partial charge in [0.25, 0.3) is 0 Å². The molecule has 5 N–H and O–H groups in total. The first kappa shape index (κ1) is 91.8. The Hall–Kier alpha value is -2.24. The molecular weight excluding hydrogens is 1160 g/mol. The van der Waals surface area contributed by atoms with Gasteiger partial charge in [-0.1, -0.05) is 368 Å². The van der Waals surface area contributed by atoms with Crippen molar-refractivity contribution in [2.24, 2.45) is 0 Å². The van der Waals surface area contributed by atoms with Crippen LogP contribution in [0.25, 0.3) is 0 Å². The zero-order valence-electron chi connectivity index (χ0n) is 64.1. The Kier molecular flexibility index (Phi) is 77.8. The Labute approximate surface area is 587 Å². The Morgan fingerprint density at radius 3 is 0.660 bits per heavy atom. The second-order valence-electron chi connectivity index (χ2n) is 29.3. The third kappa shape index (κ3) is 75.5. The van der Waals surface area contributed by atoms with Crippen LogP contribution in [0.3, 0.4) is 0 Å². The molecule has 0 fully saturated rings. The molecule has 0 unspecified atom stereocenters. The lowest BCUT2D eigenvalue weighted by molar-refractivity contribution is -0.122. The smallest absolute Gasteiger partial charge is 0.221 e. The Bertz CT molecular complexity index is 1430. The summed E-state index contributed by atoms with van der Waals surface area (Å²) in [5.74, 6) is 0.555. The van der Waals surface area contributed by atoms with E-state index in [9.17, 15) is 19.2 Å². The van der Waals surface area contributed by atoms with Gasteiger partial charge in [0.1, 0.15) is 0 Å². The van der Waals surface area contributed by atoms with E-state index in [0.717, 1.165) is 104 Å². The number of amides is 4. The second kappa shape index (κ2) is 79.7. The van der Waals surface area contributed by atoms with Gasteiger partial charge in [-0.25, -0.2) is 0 Å². The minimum Gasteiger partial charge on any atom is -0.356 e. The molecule has 0 aromatic carbocycles. The monoisotopic (exact) mass is 1330 g/mol. The zero-order valence-corrected chi connectivity index (χ0v) is 64.1. The summed E-state index contributed by atoms with van der Waals surface area (Å²) in [7, 11) is 0. The number of hydrogen-bond acceptors (Lipinski definition) is 7. The molecular formula is C83H167N7O4. The molecule has 0 bridgehead atoms. The number of carbonyl (C=O) groups is 4. The van der Waals surface area contributed by atoms with Gasteiger partial charge < -0.3 is 36.4 Å². The van der Waals surface area contributed by atoms with Crippen LogP contribution in [0.5, 0.6) is 0 Å². The number of nitrogens with one attached hydrogen (secondary N) is 5. The SMILES string of the molecule is CCCCCCCCCCCCCCCCNC(=O)CCCCCN(CCC(=O)NCCCCCCCCCCCCCCCC)CCN(CCNCCC(=O)NCCCCCCCCCCCCCCCC)CCC(=O)NCCCCCCCCCCCCCCCC. The highest BCUT2D eigenvalue weighted by Gasteiger charge is 2.15. The van der Waals surface area contributed by atoms with Gasteiger partial charge in [0.15, 0.2) is 0 Å². The minimum atomic E-state index is 0.120. The van der Waals surface area contributed by atoms with E-state index < -0.39 is 0 Å². The van der Waals surface area contributed by atoms with Gasteiger partial charge in [0.05, 0.1) is 0 Å². The lowest BCUT2D eigenvalue weighted by Gasteiger charge is -2.28. The van der Waals surface area contributed by atoms with Crippen molar-refractivity contribution in [2.75, 3.05) is 78.5 Å². The maximum Gasteiger partial charge on any atom is 0.221 e. The van der Waals surface area contributed by atoms with Crippen molar-refractivity contribution in [3.63, 3.8) is 0 Å². The van der Waals surface area contributed by atoms with E-state index in [-0.39, 0.29) is 23.6 Å². The van der Waals surface area contributed by atoms with Crippen LogP contribution in [-0.4, -0.2) is 112 Å². The molecule has 0 aromatic heterocycles. The number of carbonyl (C=O) groups excluding carboxylic acids is 4. The van der Waals surface area contributed by atoms with Gasteiger partial charge in [-0.05, 0) is 45.1 Å². The highest BCUT2D eigenvalue weighted by Crippen LogP contribution is 2.18. The summed E-state index contributed by atoms with van der Waals surface area (Å²) in [5.41, 5.74) is 0. The summed E-state index contributed by atoms with van der Waals surface area (Å²) in [6, 6.07) is 0. The van der Waals surface area contributed by atoms with Crippen LogP contribution in [0.4, 0.5) is 0 Å². The highest BCUT2D eigenvalue weighted by molar-refractivity contribution is 5.77. The topological polar surface area (TPSA) is 135 Å². The van der Waals surface area contributed by atoms with Crippen molar-refractivity contribution < 1.29 is 19.2 Å². The standard InChI is InChI=1S/C83H167N7O4/c1-5-9-13-17-21-25-29-33-37-41-45-49-53-59-68-85-80(91)64-58-57-63-74-89(75-66-82(93)87-70-61-55-51-47-43-39-35-31-27-23-19-15-11-7-3)78-79-90(76-67-83(94)88-71-62-56-52-48-44-40-36-32-28-24-20-16-12-8-4)77-73-84-72-65-81(92)86-69-60-54-50-46-42-38-34-30-26-22-18-14-10-6-2/h84H,5-79H2,1-4H3,(H,85,91)(H,86,92)(H,87,93)(H,88,94). The minimum absolute atomic E-state index is 0.120. The molecule has 0 aliphatic heterocycles. The number of nitrogens with zero attached hydrogens (tertiary/aromatic N) is 2. The molecule has 0 heterocycles. The summed E-state index contributed by atoms with van der Waals surface area (Å²) in [5, 5.41) is 16.4. The molecule has 0 aromatic rings. The fourth-order valence-electron chi connectivity index (χ4n) is 13.4. The zero-order chi connectivity index (χ0) is 68.0. The maximum atomic E-state index is 13.3. The predicted octanol–water partition coefficient (Wildman–Crippen LogP) is 22.3. The van der Waals surface area contributed by atoms with Crippen LogP contribution in [0.15, 0.2) is 0 Å². The van der Waals surface area contributed by atoms with E-state index in [4.69, 9.17) is 0 Å². The largest absolute Gasteiger partial charge is 0.356 e. The van der Waals surface area contributed by atoms with Crippen molar-refractivity contribution in [3.05, 3.63) is 0 Å². The quantitative estimate of drug-likeness (QED) is 0.0383. The Morgan fingerprint density at radius 1 is 0.181 bits per heavy atom. The molecule has 0 rings (SSSR count). The summed E-state index contributed by atoms with van der Waals surface area (Å²) in [4.78, 5) is 57.1. The van der Waals surface area contributed by atoms with Gasteiger partial charge >= 0.3 is 0 Å². The third-order valence-corrected chi connectivity index (χ3v) is 20.0. The first-order valence-corrected chi connectivity index (χ1v) is 42.6. The van der Waals surface area contributed by atoms with E-state index in [1.807, 2.05) is 0 Å². The van der Waals surface area contributed by atoms with Crippen LogP contribution in [-0.2, 0) is 19.2 Å². The molecule has 0 atom stereocenters. The lowest BCUT2D eigenvalue weighted by atomic mass is 10.0. The molecule has 0 saturated carbocycles. The predicted molar refractivity (Wildman–Crippen MR) is 411 cm³/mol. The average Bonchev–Trinajstić information content (AvgIpc) is 3.75. The van der Waals surface area contributed by atoms with Crippen molar-refractivity contribution in [2.45, 2.75) is 432 Å². The molecule has 0 spiro atoms. The van der Waals surface area contributed by atoms with Crippen molar-refractivity contribution in [3.8, 4) is 0 Å². The first-order chi connectivity index (χ1) is 46.4. The summed E-state index contributed by atoms with van der Waals surface area (Å²) in [6.45, 7) is 18.2. The molecule has 4 amide bonds. The third-order valence-electron chi connectivity index (χ3n) is 20.0. The van der Waals surface area contributed by atoms with Gasteiger partial charge in [0, 0.05) is 97.7 Å². The van der Waals surface area contributed by atoms with Gasteiger partial charge in [0.2, 0.25) is 23.6 Å². The Morgan fingerprint density at radius 2 is 0.394 bits per heavy atom. The number of rotatable bonds is 81. The molecule has 558 valence electrons. The summed E-state index contributed by atoms with van der Waals surface area (Å²) >= 11 is 0. The molecule has 11 nitrogen and oxygen atoms in total. The van der Waals surface area contributed by atoms with Crippen molar-refractivity contribution >= 4 is 23.6 Å². The normalized spacial score (nSPS) is 11.6. The fourth-order valence-corrected chi connectivity index (χ4v) is 13.4. The molecule has 94 heavy (non-hydrogen) atoms. The average molecular weight is 1330 g/mol. The van der Waals surface area contributed by atoms with Crippen molar-refractivity contribution in [1.29, 1.82) is 0 Å². The fraction of sp³-hybridized carbons (Fsp3) is 0.952. The summed E-state index contributed by atoms with van der Waals surface area (Å²) in [6.07, 6.45) is 79.4. The van der Waals surface area contributed by atoms with E-state index in [0.29, 0.717) is 45.3 Å². The molecule has 11 heteroatoms. The van der Waals surface area contributed by atoms with Crippen LogP contribution in [0.1, 0.15) is 432 Å². The van der Waals surface area contributed by atoms with Crippen LogP contribution < -0.4 is 26.6 Å². The maximum absolute atomic E-state index is 13.3. The lowest BCUT2D eigenvalue weighted by Crippen LogP contribution is -2.42. The van der Waals surface area contributed by atoms with Gasteiger partial charge in [-0.3, -0.25) is 19.2 Å². The molecule has 0 saturated heterocycles. The first-order valence-electron chi connectivity index (χ1n) is 42.6. The van der Waals surface area contributed by atoms with Crippen LogP contribution >= 0.6 is 0 Å². The van der Waals surface area contributed by atoms with E-state index in [1.54, 1.807) is 0 Å². The second-order valence-corrected chi connectivity index (χ2v) is 29.3. The van der Waals surface area contributed by atoms with Gasteiger partial charge in [-0.15, -0.1) is 0 Å². The highest BCUT2D eigenvalue weighted by atomic mass is 16.2. The van der Waals surface area contributed by atoms with E-state index in [1.165, 1.54) is 334 Å². The van der Waals surface area contributed by atoms with Crippen LogP contribution in [0, 0.1) is 0 Å². The van der Waals surface area contributed by atoms with Gasteiger partial charge in [-0.2, -0.15) is 0 Å². The van der Waals surface area contributed by atoms with E-state index >= 15 is 0 Å².